The number of aryl methyl sites for hydroxylation is 2. The zero-order valence-electron chi connectivity index (χ0n) is 30.1. The van der Waals surface area contributed by atoms with Gasteiger partial charge in [0.15, 0.2) is 46.5 Å². The van der Waals surface area contributed by atoms with Crippen molar-refractivity contribution in [2.24, 2.45) is 0 Å². The molecule has 0 aliphatic rings. The van der Waals surface area contributed by atoms with E-state index in [1.165, 1.54) is 59.7 Å². The molecular weight excluding hydrogens is 831 g/mol. The predicted molar refractivity (Wildman–Crippen MR) is 203 cm³/mol. The van der Waals surface area contributed by atoms with Crippen LogP contribution < -0.4 is 0 Å². The highest BCUT2D eigenvalue weighted by atomic mass is 35.5. The Labute approximate surface area is 337 Å². The summed E-state index contributed by atoms with van der Waals surface area (Å²) >= 11 is 12.3. The molecule has 4 rings (SSSR count). The Kier molecular flexibility index (Phi) is 17.2. The summed E-state index contributed by atoms with van der Waals surface area (Å²) < 4.78 is 125. The number of alkyl halides is 2. The SMILES string of the molecule is CCc1c(F)c(F)c(C(Cl)CCc2ccc(C(=O)OCCSSCCOC(=O)c3ccc(CCC(Cl)c4c(F)c(F)c(CC)c(F)c4F)cc3)cc2)c(F)c1F. The van der Waals surface area contributed by atoms with Gasteiger partial charge in [0.2, 0.25) is 0 Å². The van der Waals surface area contributed by atoms with E-state index in [0.717, 1.165) is 0 Å². The third kappa shape index (κ3) is 11.1. The van der Waals surface area contributed by atoms with Gasteiger partial charge in [0.05, 0.1) is 21.9 Å². The molecule has 302 valence electrons. The lowest BCUT2D eigenvalue weighted by Gasteiger charge is -2.15. The van der Waals surface area contributed by atoms with Crippen molar-refractivity contribution in [1.82, 2.24) is 0 Å². The van der Waals surface area contributed by atoms with Crippen molar-refractivity contribution in [3.05, 3.63) is 140 Å². The van der Waals surface area contributed by atoms with Crippen molar-refractivity contribution >= 4 is 56.7 Å². The number of esters is 2. The molecule has 0 saturated heterocycles. The van der Waals surface area contributed by atoms with Crippen LogP contribution in [0.4, 0.5) is 35.1 Å². The Morgan fingerprint density at radius 3 is 1.12 bits per heavy atom. The van der Waals surface area contributed by atoms with Gasteiger partial charge in [0.1, 0.15) is 13.2 Å². The average Bonchev–Trinajstić information content (AvgIpc) is 3.19. The lowest BCUT2D eigenvalue weighted by Crippen LogP contribution is -2.10. The van der Waals surface area contributed by atoms with Crippen molar-refractivity contribution in [3.8, 4) is 0 Å². The lowest BCUT2D eigenvalue weighted by molar-refractivity contribution is 0.0520. The molecule has 56 heavy (non-hydrogen) atoms. The minimum atomic E-state index is -1.51. The number of benzene rings is 4. The summed E-state index contributed by atoms with van der Waals surface area (Å²) in [6.07, 6.45) is -0.0689. The summed E-state index contributed by atoms with van der Waals surface area (Å²) in [4.78, 5) is 24.9. The highest BCUT2D eigenvalue weighted by Crippen LogP contribution is 2.36. The van der Waals surface area contributed by atoms with E-state index in [-0.39, 0.29) is 62.9 Å². The molecule has 0 amide bonds. The van der Waals surface area contributed by atoms with Gasteiger partial charge in [-0.3, -0.25) is 0 Å². The number of hydrogen-bond acceptors (Lipinski definition) is 6. The minimum absolute atomic E-state index is 0.0248. The molecule has 0 radical (unpaired) electrons. The summed E-state index contributed by atoms with van der Waals surface area (Å²) in [6, 6.07) is 12.5. The molecule has 0 aliphatic heterocycles. The summed E-state index contributed by atoms with van der Waals surface area (Å²) in [5, 5.41) is -2.66. The largest absolute Gasteiger partial charge is 0.461 e. The minimum Gasteiger partial charge on any atom is -0.461 e. The monoisotopic (exact) mass is 866 g/mol. The van der Waals surface area contributed by atoms with Crippen LogP contribution in [-0.4, -0.2) is 36.7 Å². The Bertz CT molecular complexity index is 1800. The quantitative estimate of drug-likeness (QED) is 0.0234. The molecule has 4 aromatic rings. The van der Waals surface area contributed by atoms with Crippen molar-refractivity contribution in [2.45, 2.75) is 63.1 Å². The molecule has 4 nitrogen and oxygen atoms in total. The number of halogens is 10. The number of carbonyl (C=O) groups is 2. The van der Waals surface area contributed by atoms with E-state index >= 15 is 0 Å². The summed E-state index contributed by atoms with van der Waals surface area (Å²) in [6.45, 7) is 2.96. The summed E-state index contributed by atoms with van der Waals surface area (Å²) in [7, 11) is 2.80. The standard InChI is InChI=1S/C40H36Cl2F8O4S2/c1-3-25-31(43)35(47)29(36(48)32(25)44)27(41)15-9-21-5-11-23(12-6-21)39(51)53-17-19-55-56-20-18-54-40(52)24-13-7-22(8-14-24)10-16-28(42)30-37(49)33(45)26(4-2)34(46)38(30)50/h5-8,11-14,27-28H,3-4,9-10,15-20H2,1-2H3. The number of rotatable bonds is 19. The molecule has 0 saturated carbocycles. The molecule has 0 heterocycles. The second-order valence-corrected chi connectivity index (χ2v) is 16.1. The normalized spacial score (nSPS) is 12.4. The Balaban J connectivity index is 1.11. The molecule has 0 N–H and O–H groups in total. The molecule has 2 atom stereocenters. The van der Waals surface area contributed by atoms with Crippen LogP contribution in [0.3, 0.4) is 0 Å². The Morgan fingerprint density at radius 1 is 0.536 bits per heavy atom. The van der Waals surface area contributed by atoms with Crippen molar-refractivity contribution in [1.29, 1.82) is 0 Å². The molecule has 2 unspecified atom stereocenters. The maximum atomic E-state index is 14.5. The zero-order chi connectivity index (χ0) is 41.1. The molecule has 16 heteroatoms. The second kappa shape index (κ2) is 21.3. The van der Waals surface area contributed by atoms with Gasteiger partial charge in [-0.15, -0.1) is 23.2 Å². The fourth-order valence-corrected chi connectivity index (χ4v) is 7.93. The maximum absolute atomic E-state index is 14.5. The number of hydrogen-bond donors (Lipinski definition) is 0. The third-order valence-electron chi connectivity index (χ3n) is 8.75. The summed E-state index contributed by atoms with van der Waals surface area (Å²) in [5.41, 5.74) is -1.18. The topological polar surface area (TPSA) is 52.6 Å². The van der Waals surface area contributed by atoms with E-state index in [0.29, 0.717) is 22.6 Å². The highest BCUT2D eigenvalue weighted by molar-refractivity contribution is 8.76. The maximum Gasteiger partial charge on any atom is 0.338 e. The van der Waals surface area contributed by atoms with Crippen LogP contribution in [0.25, 0.3) is 0 Å². The van der Waals surface area contributed by atoms with Crippen LogP contribution in [0, 0.1) is 46.5 Å². The molecule has 0 bridgehead atoms. The Hall–Kier alpha value is -3.46. The van der Waals surface area contributed by atoms with Gasteiger partial charge in [-0.25, -0.2) is 44.7 Å². The van der Waals surface area contributed by atoms with E-state index in [1.54, 1.807) is 24.3 Å². The van der Waals surface area contributed by atoms with Gasteiger partial charge in [0.25, 0.3) is 0 Å². The van der Waals surface area contributed by atoms with Gasteiger partial charge in [0, 0.05) is 33.8 Å². The second-order valence-electron chi connectivity index (χ2n) is 12.3. The molecule has 4 aromatic carbocycles. The van der Waals surface area contributed by atoms with Gasteiger partial charge in [-0.05, 0) is 73.9 Å². The van der Waals surface area contributed by atoms with E-state index in [4.69, 9.17) is 32.7 Å². The third-order valence-corrected chi connectivity index (χ3v) is 12.0. The average molecular weight is 868 g/mol. The number of ether oxygens (including phenoxy) is 2. The van der Waals surface area contributed by atoms with Crippen molar-refractivity contribution in [2.75, 3.05) is 24.7 Å². The van der Waals surface area contributed by atoms with Crippen molar-refractivity contribution < 1.29 is 54.2 Å². The van der Waals surface area contributed by atoms with Gasteiger partial charge < -0.3 is 9.47 Å². The molecule has 0 aromatic heterocycles. The van der Waals surface area contributed by atoms with Gasteiger partial charge in [-0.2, -0.15) is 0 Å². The predicted octanol–water partition coefficient (Wildman–Crippen LogP) is 12.1. The first-order chi connectivity index (χ1) is 26.7. The van der Waals surface area contributed by atoms with Crippen molar-refractivity contribution in [3.63, 3.8) is 0 Å². The fraction of sp³-hybridized carbons (Fsp3) is 0.350. The van der Waals surface area contributed by atoms with Crippen LogP contribution >= 0.6 is 44.8 Å². The smallest absolute Gasteiger partial charge is 0.338 e. The van der Waals surface area contributed by atoms with E-state index in [2.05, 4.69) is 0 Å². The fourth-order valence-electron chi connectivity index (χ4n) is 5.67. The van der Waals surface area contributed by atoms with Crippen LogP contribution in [0.15, 0.2) is 48.5 Å². The highest BCUT2D eigenvalue weighted by Gasteiger charge is 2.30. The van der Waals surface area contributed by atoms with Gasteiger partial charge in [-0.1, -0.05) is 59.7 Å². The molecule has 0 spiro atoms. The molecule has 0 fully saturated rings. The van der Waals surface area contributed by atoms with Crippen LogP contribution in [0.5, 0.6) is 0 Å². The first-order valence-corrected chi connectivity index (χ1v) is 20.8. The zero-order valence-corrected chi connectivity index (χ0v) is 33.2. The number of carbonyl (C=O) groups excluding carboxylic acids is 2. The first kappa shape index (κ1) is 45.2. The lowest BCUT2D eigenvalue weighted by atomic mass is 9.99. The first-order valence-electron chi connectivity index (χ1n) is 17.5. The van der Waals surface area contributed by atoms with Gasteiger partial charge >= 0.3 is 11.9 Å². The summed E-state index contributed by atoms with van der Waals surface area (Å²) in [5.74, 6) is -12.1. The van der Waals surface area contributed by atoms with Crippen LogP contribution in [-0.2, 0) is 35.2 Å². The van der Waals surface area contributed by atoms with Crippen LogP contribution in [0.2, 0.25) is 0 Å². The van der Waals surface area contributed by atoms with E-state index in [1.807, 2.05) is 0 Å². The van der Waals surface area contributed by atoms with E-state index < -0.39 is 91.5 Å². The van der Waals surface area contributed by atoms with E-state index in [9.17, 15) is 44.7 Å². The van der Waals surface area contributed by atoms with Crippen LogP contribution in [0.1, 0.15) is 91.5 Å². The Morgan fingerprint density at radius 2 is 0.839 bits per heavy atom. The molecular formula is C40H36Cl2F8O4S2. The molecule has 0 aliphatic carbocycles.